The lowest BCUT2D eigenvalue weighted by Gasteiger charge is -2.09. The number of nitrogens with one attached hydrogen (secondary N) is 1. The van der Waals surface area contributed by atoms with E-state index in [9.17, 15) is 9.90 Å². The van der Waals surface area contributed by atoms with E-state index in [1.54, 1.807) is 11.3 Å². The van der Waals surface area contributed by atoms with Crippen molar-refractivity contribution in [2.45, 2.75) is 19.8 Å². The number of aromatic hydroxyl groups is 1. The van der Waals surface area contributed by atoms with Crippen molar-refractivity contribution in [2.75, 3.05) is 6.61 Å². The van der Waals surface area contributed by atoms with Crippen LogP contribution in [0.25, 0.3) is 21.5 Å². The molecule has 0 bridgehead atoms. The number of rotatable bonds is 7. The maximum atomic E-state index is 11.5. The highest BCUT2D eigenvalue weighted by atomic mass is 32.1. The van der Waals surface area contributed by atoms with Gasteiger partial charge in [0.25, 0.3) is 0 Å². The number of benzene rings is 2. The molecule has 6 nitrogen and oxygen atoms in total. The zero-order chi connectivity index (χ0) is 22.1. The number of hydrogen-bond acceptors (Lipinski definition) is 7. The van der Waals surface area contributed by atoms with E-state index in [1.807, 2.05) is 60.8 Å². The first kappa shape index (κ1) is 20.5. The average molecular weight is 465 g/mol. The number of oxazole rings is 1. The Bertz CT molecular complexity index is 1430. The summed E-state index contributed by atoms with van der Waals surface area (Å²) in [5.41, 5.74) is 2.89. The molecule has 32 heavy (non-hydrogen) atoms. The molecule has 8 heteroatoms. The molecule has 0 aliphatic heterocycles. The van der Waals surface area contributed by atoms with Gasteiger partial charge in [0, 0.05) is 28.5 Å². The van der Waals surface area contributed by atoms with Crippen molar-refractivity contribution >= 4 is 32.8 Å². The predicted octanol–water partition coefficient (Wildman–Crippen LogP) is 5.53. The molecule has 162 valence electrons. The van der Waals surface area contributed by atoms with Gasteiger partial charge in [-0.2, -0.15) is 0 Å². The number of ether oxygens (including phenoxy) is 1. The molecule has 2 N–H and O–H groups in total. The van der Waals surface area contributed by atoms with Gasteiger partial charge < -0.3 is 14.3 Å². The second-order valence-corrected chi connectivity index (χ2v) is 9.32. The summed E-state index contributed by atoms with van der Waals surface area (Å²) in [7, 11) is 0. The molecule has 0 atom stereocenters. The third-order valence-corrected chi connectivity index (χ3v) is 7.08. The van der Waals surface area contributed by atoms with Crippen molar-refractivity contribution in [3.8, 4) is 23.1 Å². The molecule has 3 heterocycles. The first-order chi connectivity index (χ1) is 15.6. The van der Waals surface area contributed by atoms with Crippen LogP contribution in [0.2, 0.25) is 0 Å². The Morgan fingerprint density at radius 1 is 1.16 bits per heavy atom. The van der Waals surface area contributed by atoms with E-state index in [-0.39, 0.29) is 10.8 Å². The third-order valence-electron chi connectivity index (χ3n) is 5.22. The van der Waals surface area contributed by atoms with E-state index in [0.717, 1.165) is 49.8 Å². The van der Waals surface area contributed by atoms with E-state index in [1.165, 1.54) is 0 Å². The monoisotopic (exact) mass is 464 g/mol. The molecule has 0 fully saturated rings. The smallest absolute Gasteiger partial charge is 0.307 e. The maximum absolute atomic E-state index is 11.5. The van der Waals surface area contributed by atoms with Crippen LogP contribution in [-0.2, 0) is 12.8 Å². The first-order valence-electron chi connectivity index (χ1n) is 10.1. The van der Waals surface area contributed by atoms with Crippen molar-refractivity contribution in [1.29, 1.82) is 0 Å². The Kier molecular flexibility index (Phi) is 5.55. The molecule has 0 radical (unpaired) electrons. The zero-order valence-electron chi connectivity index (χ0n) is 17.3. The summed E-state index contributed by atoms with van der Waals surface area (Å²) in [6, 6.07) is 15.8. The molecule has 5 aromatic rings. The summed E-state index contributed by atoms with van der Waals surface area (Å²) in [5, 5.41) is 13.0. The Hall–Kier alpha value is -3.36. The van der Waals surface area contributed by atoms with Crippen LogP contribution in [0.15, 0.2) is 63.1 Å². The molecule has 0 saturated carbocycles. The summed E-state index contributed by atoms with van der Waals surface area (Å²) in [6.45, 7) is 2.40. The fraction of sp³-hybridized carbons (Fsp3) is 0.167. The Balaban J connectivity index is 1.31. The van der Waals surface area contributed by atoms with Gasteiger partial charge in [0.1, 0.15) is 11.5 Å². The number of hydrogen-bond donors (Lipinski definition) is 2. The highest BCUT2D eigenvalue weighted by Gasteiger charge is 2.15. The highest BCUT2D eigenvalue weighted by Crippen LogP contribution is 2.35. The number of aromatic nitrogens is 2. The van der Waals surface area contributed by atoms with Crippen LogP contribution in [0.3, 0.4) is 0 Å². The molecule has 0 spiro atoms. The zero-order valence-corrected chi connectivity index (χ0v) is 18.9. The fourth-order valence-corrected chi connectivity index (χ4v) is 5.30. The number of H-pyrrole nitrogens is 1. The van der Waals surface area contributed by atoms with Crippen LogP contribution in [0, 0.1) is 6.92 Å². The van der Waals surface area contributed by atoms with Crippen LogP contribution in [-0.4, -0.2) is 21.7 Å². The molecule has 0 unspecified atom stereocenters. The fourth-order valence-electron chi connectivity index (χ4n) is 3.63. The Morgan fingerprint density at radius 3 is 2.78 bits per heavy atom. The summed E-state index contributed by atoms with van der Waals surface area (Å²) >= 11 is 2.65. The van der Waals surface area contributed by atoms with Crippen molar-refractivity contribution in [3.63, 3.8) is 0 Å². The van der Waals surface area contributed by atoms with Crippen LogP contribution >= 0.6 is 22.7 Å². The van der Waals surface area contributed by atoms with Gasteiger partial charge in [0.05, 0.1) is 17.2 Å². The molecule has 2 aromatic carbocycles. The van der Waals surface area contributed by atoms with Crippen molar-refractivity contribution in [2.24, 2.45) is 0 Å². The number of aromatic amines is 1. The Morgan fingerprint density at radius 2 is 2.00 bits per heavy atom. The summed E-state index contributed by atoms with van der Waals surface area (Å²) < 4.78 is 13.0. The van der Waals surface area contributed by atoms with Crippen molar-refractivity contribution < 1.29 is 14.3 Å². The van der Waals surface area contributed by atoms with E-state index >= 15 is 0 Å². The van der Waals surface area contributed by atoms with Crippen molar-refractivity contribution in [1.82, 2.24) is 9.97 Å². The van der Waals surface area contributed by atoms with Crippen molar-refractivity contribution in [3.05, 3.63) is 85.5 Å². The number of fused-ring (bicyclic) bond motifs is 1. The van der Waals surface area contributed by atoms with Crippen LogP contribution in [0.5, 0.6) is 11.6 Å². The van der Waals surface area contributed by atoms with Gasteiger partial charge in [-0.1, -0.05) is 35.6 Å². The number of thiazole rings is 1. The molecular formula is C24H20N2O4S2. The van der Waals surface area contributed by atoms with E-state index in [4.69, 9.17) is 9.15 Å². The minimum absolute atomic E-state index is 0.0529. The lowest BCUT2D eigenvalue weighted by Crippen LogP contribution is -2.03. The summed E-state index contributed by atoms with van der Waals surface area (Å²) in [4.78, 5) is 18.9. The normalized spacial score (nSPS) is 11.3. The first-order valence-corrected chi connectivity index (χ1v) is 11.8. The largest absolute Gasteiger partial charge is 0.494 e. The third kappa shape index (κ3) is 4.06. The molecule has 0 saturated heterocycles. The predicted molar refractivity (Wildman–Crippen MR) is 127 cm³/mol. The van der Waals surface area contributed by atoms with Gasteiger partial charge in [-0.15, -0.1) is 11.3 Å². The van der Waals surface area contributed by atoms with Crippen LogP contribution < -0.4 is 9.61 Å². The molecule has 0 aliphatic rings. The van der Waals surface area contributed by atoms with E-state index in [2.05, 4.69) is 9.97 Å². The van der Waals surface area contributed by atoms with Gasteiger partial charge in [-0.25, -0.2) is 4.98 Å². The minimum Gasteiger partial charge on any atom is -0.494 e. The number of nitrogens with zero attached hydrogens (tertiary/aromatic N) is 1. The van der Waals surface area contributed by atoms with E-state index in [0.29, 0.717) is 30.2 Å². The number of thiophene rings is 1. The summed E-state index contributed by atoms with van der Waals surface area (Å²) in [5.74, 6) is 2.18. The minimum atomic E-state index is -0.251. The van der Waals surface area contributed by atoms with Crippen LogP contribution in [0.4, 0.5) is 0 Å². The Labute approximate surface area is 191 Å². The molecule has 0 amide bonds. The topological polar surface area (TPSA) is 88.4 Å². The lowest BCUT2D eigenvalue weighted by molar-refractivity contribution is 0.323. The summed E-state index contributed by atoms with van der Waals surface area (Å²) in [6.07, 6.45) is 1.13. The standard InChI is InChI=1S/C24H20N2O4S2/c1-14-18(25-23(30-14)15-5-3-2-4-6-15)9-11-29-19-8-7-16(21-17(19)10-12-31-21)13-20-22(27)26-24(28)32-20/h2-8,10,12,27H,9,11,13H2,1H3,(H,26,28). The van der Waals surface area contributed by atoms with E-state index < -0.39 is 0 Å². The quantitative estimate of drug-likeness (QED) is 0.330. The average Bonchev–Trinajstić information content (AvgIpc) is 3.50. The highest BCUT2D eigenvalue weighted by molar-refractivity contribution is 7.17. The molecule has 5 rings (SSSR count). The van der Waals surface area contributed by atoms with Gasteiger partial charge in [-0.05, 0) is 42.1 Å². The molecule has 3 aromatic heterocycles. The second-order valence-electron chi connectivity index (χ2n) is 7.34. The molecular weight excluding hydrogens is 444 g/mol. The second kappa shape index (κ2) is 8.64. The number of aryl methyl sites for hydroxylation is 1. The van der Waals surface area contributed by atoms with Gasteiger partial charge in [-0.3, -0.25) is 9.78 Å². The lowest BCUT2D eigenvalue weighted by atomic mass is 10.1. The van der Waals surface area contributed by atoms with Gasteiger partial charge in [0.2, 0.25) is 11.8 Å². The van der Waals surface area contributed by atoms with Gasteiger partial charge >= 0.3 is 4.87 Å². The molecule has 0 aliphatic carbocycles. The van der Waals surface area contributed by atoms with Crippen LogP contribution in [0.1, 0.15) is 21.9 Å². The SMILES string of the molecule is Cc1oc(-c2ccccc2)nc1CCOc1ccc(Cc2sc(=O)[nH]c2O)c2sccc12. The maximum Gasteiger partial charge on any atom is 0.307 e. The van der Waals surface area contributed by atoms with Gasteiger partial charge in [0.15, 0.2) is 0 Å².